The molecular weight excluding hydrogens is 212 g/mol. The first-order valence-electron chi connectivity index (χ1n) is 6.49. The van der Waals surface area contributed by atoms with Crippen LogP contribution in [-0.4, -0.2) is 41.8 Å². The fourth-order valence-electron chi connectivity index (χ4n) is 3.34. The van der Waals surface area contributed by atoms with Crippen molar-refractivity contribution in [3.8, 4) is 0 Å². The summed E-state index contributed by atoms with van der Waals surface area (Å²) in [5.41, 5.74) is 0.994. The Morgan fingerprint density at radius 2 is 1.94 bits per heavy atom. The molecule has 1 unspecified atom stereocenters. The summed E-state index contributed by atoms with van der Waals surface area (Å²) in [5, 5.41) is 13.4. The van der Waals surface area contributed by atoms with Crippen LogP contribution in [0.15, 0.2) is 30.3 Å². The van der Waals surface area contributed by atoms with Crippen molar-refractivity contribution in [3.63, 3.8) is 0 Å². The highest BCUT2D eigenvalue weighted by Crippen LogP contribution is 2.37. The third kappa shape index (κ3) is 1.94. The molecule has 0 aliphatic carbocycles. The molecule has 1 atom stereocenters. The number of anilines is 1. The van der Waals surface area contributed by atoms with Crippen LogP contribution in [0.2, 0.25) is 0 Å². The molecule has 3 aliphatic rings. The van der Waals surface area contributed by atoms with Crippen molar-refractivity contribution in [1.82, 2.24) is 4.90 Å². The van der Waals surface area contributed by atoms with E-state index in [1.54, 1.807) is 0 Å². The van der Waals surface area contributed by atoms with Crippen LogP contribution in [0.5, 0.6) is 0 Å². The van der Waals surface area contributed by atoms with Gasteiger partial charge in [-0.05, 0) is 44.0 Å². The van der Waals surface area contributed by atoms with Crippen LogP contribution >= 0.6 is 0 Å². The number of fused-ring (bicyclic) bond motifs is 3. The van der Waals surface area contributed by atoms with E-state index < -0.39 is 0 Å². The number of aliphatic hydroxyl groups is 1. The number of nitrogens with one attached hydrogen (secondary N) is 1. The van der Waals surface area contributed by atoms with Gasteiger partial charge in [-0.25, -0.2) is 0 Å². The first-order valence-corrected chi connectivity index (χ1v) is 6.49. The van der Waals surface area contributed by atoms with Crippen LogP contribution in [0.3, 0.4) is 0 Å². The largest absolute Gasteiger partial charge is 0.394 e. The maximum atomic E-state index is 9.84. The van der Waals surface area contributed by atoms with Gasteiger partial charge in [0.2, 0.25) is 0 Å². The topological polar surface area (TPSA) is 35.5 Å². The lowest BCUT2D eigenvalue weighted by Crippen LogP contribution is -2.64. The molecule has 4 rings (SSSR count). The maximum Gasteiger partial charge on any atom is 0.0759 e. The van der Waals surface area contributed by atoms with Crippen LogP contribution in [-0.2, 0) is 0 Å². The molecule has 2 bridgehead atoms. The molecule has 3 aliphatic heterocycles. The SMILES string of the molecule is OCC1(Nc2ccccc2)CN2CCC1CC2. The van der Waals surface area contributed by atoms with Gasteiger partial charge in [0.15, 0.2) is 0 Å². The quantitative estimate of drug-likeness (QED) is 0.830. The summed E-state index contributed by atoms with van der Waals surface area (Å²) in [6.45, 7) is 3.60. The first-order chi connectivity index (χ1) is 8.32. The summed E-state index contributed by atoms with van der Waals surface area (Å²) in [6.07, 6.45) is 2.42. The lowest BCUT2D eigenvalue weighted by Gasteiger charge is -2.53. The number of nitrogens with zero attached hydrogens (tertiary/aromatic N) is 1. The van der Waals surface area contributed by atoms with E-state index in [-0.39, 0.29) is 12.1 Å². The Morgan fingerprint density at radius 1 is 1.24 bits per heavy atom. The number of aliphatic hydroxyl groups excluding tert-OH is 1. The fourth-order valence-corrected chi connectivity index (χ4v) is 3.34. The number of benzene rings is 1. The Morgan fingerprint density at radius 3 is 2.47 bits per heavy atom. The van der Waals surface area contributed by atoms with Gasteiger partial charge in [-0.1, -0.05) is 18.2 Å². The monoisotopic (exact) mass is 232 g/mol. The van der Waals surface area contributed by atoms with Gasteiger partial charge >= 0.3 is 0 Å². The Labute approximate surface area is 102 Å². The molecule has 3 saturated heterocycles. The zero-order chi connectivity index (χ0) is 11.7. The van der Waals surface area contributed by atoms with Crippen molar-refractivity contribution in [3.05, 3.63) is 30.3 Å². The Balaban J connectivity index is 1.83. The van der Waals surface area contributed by atoms with Crippen LogP contribution in [0, 0.1) is 5.92 Å². The van der Waals surface area contributed by atoms with E-state index in [0.29, 0.717) is 5.92 Å². The summed E-state index contributed by atoms with van der Waals surface area (Å²) in [4.78, 5) is 2.46. The Hall–Kier alpha value is -1.06. The summed E-state index contributed by atoms with van der Waals surface area (Å²) < 4.78 is 0. The molecule has 17 heavy (non-hydrogen) atoms. The minimum atomic E-state index is -0.127. The Kier molecular flexibility index (Phi) is 2.81. The highest BCUT2D eigenvalue weighted by atomic mass is 16.3. The smallest absolute Gasteiger partial charge is 0.0759 e. The molecule has 3 heterocycles. The van der Waals surface area contributed by atoms with E-state index in [4.69, 9.17) is 0 Å². The van der Waals surface area contributed by atoms with Crippen molar-refractivity contribution in [2.45, 2.75) is 18.4 Å². The minimum Gasteiger partial charge on any atom is -0.394 e. The van der Waals surface area contributed by atoms with Crippen LogP contribution in [0.4, 0.5) is 5.69 Å². The molecule has 1 aromatic carbocycles. The molecular formula is C14H20N2O. The van der Waals surface area contributed by atoms with E-state index >= 15 is 0 Å². The molecule has 0 radical (unpaired) electrons. The second-order valence-corrected chi connectivity index (χ2v) is 5.36. The fraction of sp³-hybridized carbons (Fsp3) is 0.571. The average Bonchev–Trinajstić information content (AvgIpc) is 2.41. The van der Waals surface area contributed by atoms with Gasteiger partial charge < -0.3 is 15.3 Å². The van der Waals surface area contributed by atoms with E-state index in [2.05, 4.69) is 22.3 Å². The zero-order valence-electron chi connectivity index (χ0n) is 10.1. The molecule has 0 aromatic heterocycles. The van der Waals surface area contributed by atoms with Gasteiger partial charge in [0.25, 0.3) is 0 Å². The molecule has 0 spiro atoms. The predicted octanol–water partition coefficient (Wildman–Crippen LogP) is 1.56. The summed E-state index contributed by atoms with van der Waals surface area (Å²) >= 11 is 0. The van der Waals surface area contributed by atoms with Gasteiger partial charge in [0, 0.05) is 12.2 Å². The van der Waals surface area contributed by atoms with Crippen molar-refractivity contribution in [2.75, 3.05) is 31.6 Å². The van der Waals surface area contributed by atoms with Crippen molar-refractivity contribution >= 4 is 5.69 Å². The summed E-state index contributed by atoms with van der Waals surface area (Å²) in [7, 11) is 0. The zero-order valence-corrected chi connectivity index (χ0v) is 10.1. The van der Waals surface area contributed by atoms with Crippen molar-refractivity contribution < 1.29 is 5.11 Å². The molecule has 3 fully saturated rings. The van der Waals surface area contributed by atoms with Crippen LogP contribution in [0.1, 0.15) is 12.8 Å². The lowest BCUT2D eigenvalue weighted by molar-refractivity contribution is 0.00918. The summed E-state index contributed by atoms with van der Waals surface area (Å²) in [5.74, 6) is 0.609. The van der Waals surface area contributed by atoms with E-state index in [9.17, 15) is 5.11 Å². The van der Waals surface area contributed by atoms with Gasteiger partial charge in [0.05, 0.1) is 12.1 Å². The molecule has 3 nitrogen and oxygen atoms in total. The highest BCUT2D eigenvalue weighted by Gasteiger charge is 2.46. The van der Waals surface area contributed by atoms with Crippen molar-refractivity contribution in [2.24, 2.45) is 5.92 Å². The first kappa shape index (κ1) is 11.1. The van der Waals surface area contributed by atoms with Gasteiger partial charge in [-0.2, -0.15) is 0 Å². The molecule has 3 heteroatoms. The van der Waals surface area contributed by atoms with E-state index in [1.165, 1.54) is 25.9 Å². The normalized spacial score (nSPS) is 35.8. The van der Waals surface area contributed by atoms with Gasteiger partial charge in [-0.15, -0.1) is 0 Å². The van der Waals surface area contributed by atoms with E-state index in [1.807, 2.05) is 18.2 Å². The molecule has 0 saturated carbocycles. The van der Waals surface area contributed by atoms with Gasteiger partial charge in [-0.3, -0.25) is 0 Å². The van der Waals surface area contributed by atoms with Crippen LogP contribution in [0.25, 0.3) is 0 Å². The molecule has 1 aromatic rings. The predicted molar refractivity (Wildman–Crippen MR) is 69.0 cm³/mol. The second-order valence-electron chi connectivity index (χ2n) is 5.36. The van der Waals surface area contributed by atoms with E-state index in [0.717, 1.165) is 12.2 Å². The number of rotatable bonds is 3. The number of hydrogen-bond acceptors (Lipinski definition) is 3. The second kappa shape index (κ2) is 4.31. The standard InChI is InChI=1S/C14H20N2O/c17-11-14(15-13-4-2-1-3-5-13)10-16-8-6-12(14)7-9-16/h1-5,12,15,17H,6-11H2. The number of para-hydroxylation sites is 1. The number of hydrogen-bond donors (Lipinski definition) is 2. The third-order valence-electron chi connectivity index (χ3n) is 4.32. The Bertz CT molecular complexity index is 373. The molecule has 2 N–H and O–H groups in total. The maximum absolute atomic E-state index is 9.84. The molecule has 92 valence electrons. The summed E-state index contributed by atoms with van der Waals surface area (Å²) in [6, 6.07) is 10.3. The highest BCUT2D eigenvalue weighted by molar-refractivity contribution is 5.46. The van der Waals surface area contributed by atoms with Crippen molar-refractivity contribution in [1.29, 1.82) is 0 Å². The number of piperidine rings is 3. The minimum absolute atomic E-state index is 0.127. The lowest BCUT2D eigenvalue weighted by atomic mass is 9.73. The van der Waals surface area contributed by atoms with Crippen LogP contribution < -0.4 is 5.32 Å². The average molecular weight is 232 g/mol. The van der Waals surface area contributed by atoms with Gasteiger partial charge in [0.1, 0.15) is 0 Å². The third-order valence-corrected chi connectivity index (χ3v) is 4.32. The molecule has 0 amide bonds.